The first-order valence-corrected chi connectivity index (χ1v) is 21.1. The number of methoxy groups -OCH3 is 1. The summed E-state index contributed by atoms with van der Waals surface area (Å²) in [6.07, 6.45) is 3.26. The summed E-state index contributed by atoms with van der Waals surface area (Å²) in [6.45, 7) is 15.1. The number of ether oxygens (including phenoxy) is 1. The minimum Gasteiger partial charge on any atom is -0.494 e. The smallest absolute Gasteiger partial charge is 0.238 e. The number of anilines is 1. The van der Waals surface area contributed by atoms with Gasteiger partial charge in [-0.25, -0.2) is 12.8 Å². The third kappa shape index (κ3) is 9.34. The number of hydrogen-bond acceptors (Lipinski definition) is 7. The second kappa shape index (κ2) is 16.0. The van der Waals surface area contributed by atoms with Crippen LogP contribution in [0, 0.1) is 34.4 Å². The SMILES string of the molecule is COc1ccc(Cl)c(CN(Cc2cc(CN3C(C(=O)N[C@H]4C[C@H]5C[C@@H]([C@@H]4C)C5(C)C)CCS3(=O)=O)cc(N(C)C)c2)[C@H](CN(C)C)CC(C)(C)C)c1F. The fourth-order valence-corrected chi connectivity index (χ4v) is 11.1. The lowest BCUT2D eigenvalue weighted by atomic mass is 9.45. The molecular formula is C41H63ClFN5O4S. The summed E-state index contributed by atoms with van der Waals surface area (Å²) < 4.78 is 49.7. The van der Waals surface area contributed by atoms with E-state index in [1.165, 1.54) is 17.8 Å². The molecule has 12 heteroatoms. The van der Waals surface area contributed by atoms with Gasteiger partial charge in [0, 0.05) is 68.6 Å². The highest BCUT2D eigenvalue weighted by molar-refractivity contribution is 7.89. The van der Waals surface area contributed by atoms with Gasteiger partial charge in [-0.3, -0.25) is 9.69 Å². The fraction of sp³-hybridized carbons (Fsp3) is 0.683. The summed E-state index contributed by atoms with van der Waals surface area (Å²) in [6, 6.07) is 8.70. The maximum absolute atomic E-state index is 15.8. The van der Waals surface area contributed by atoms with E-state index in [1.54, 1.807) is 12.1 Å². The number of halogens is 2. The largest absolute Gasteiger partial charge is 0.494 e. The normalized spacial score (nSPS) is 25.7. The molecule has 0 radical (unpaired) electrons. The van der Waals surface area contributed by atoms with E-state index >= 15 is 4.39 Å². The molecule has 296 valence electrons. The summed E-state index contributed by atoms with van der Waals surface area (Å²) in [5, 5.41) is 3.64. The van der Waals surface area contributed by atoms with Crippen LogP contribution < -0.4 is 15.0 Å². The summed E-state index contributed by atoms with van der Waals surface area (Å²) in [7, 11) is 5.80. The van der Waals surface area contributed by atoms with Gasteiger partial charge in [-0.1, -0.05) is 59.2 Å². The minimum absolute atomic E-state index is 0.0158. The Bertz CT molecular complexity index is 1750. The highest BCUT2D eigenvalue weighted by Crippen LogP contribution is 2.61. The molecule has 3 saturated carbocycles. The monoisotopic (exact) mass is 775 g/mol. The Balaban J connectivity index is 1.45. The quantitative estimate of drug-likeness (QED) is 0.221. The number of carbonyl (C=O) groups is 1. The van der Waals surface area contributed by atoms with Crippen LogP contribution in [0.25, 0.3) is 0 Å². The van der Waals surface area contributed by atoms with Gasteiger partial charge in [-0.2, -0.15) is 4.31 Å². The van der Waals surface area contributed by atoms with Crippen LogP contribution in [0.5, 0.6) is 5.75 Å². The second-order valence-corrected chi connectivity index (χ2v) is 20.7. The molecule has 1 heterocycles. The molecule has 1 unspecified atom stereocenters. The molecule has 0 aromatic heterocycles. The predicted octanol–water partition coefficient (Wildman–Crippen LogP) is 7.01. The van der Waals surface area contributed by atoms with Gasteiger partial charge in [-0.05, 0) is 104 Å². The topological polar surface area (TPSA) is 85.4 Å². The first-order chi connectivity index (χ1) is 24.6. The van der Waals surface area contributed by atoms with E-state index < -0.39 is 21.9 Å². The van der Waals surface area contributed by atoms with E-state index in [4.69, 9.17) is 16.3 Å². The first kappa shape index (κ1) is 41.7. The minimum atomic E-state index is -3.65. The van der Waals surface area contributed by atoms with Crippen molar-refractivity contribution < 1.29 is 22.3 Å². The van der Waals surface area contributed by atoms with E-state index in [0.717, 1.165) is 36.2 Å². The molecule has 2 aromatic rings. The second-order valence-electron chi connectivity index (χ2n) is 18.3. The number of amides is 1. The number of rotatable bonds is 14. The van der Waals surface area contributed by atoms with Gasteiger partial charge in [0.2, 0.25) is 15.9 Å². The van der Waals surface area contributed by atoms with Gasteiger partial charge in [0.25, 0.3) is 0 Å². The van der Waals surface area contributed by atoms with Crippen molar-refractivity contribution in [3.8, 4) is 5.75 Å². The van der Waals surface area contributed by atoms with Crippen molar-refractivity contribution in [2.45, 2.75) is 105 Å². The van der Waals surface area contributed by atoms with Gasteiger partial charge in [-0.15, -0.1) is 0 Å². The lowest BCUT2D eigenvalue weighted by Crippen LogP contribution is -2.61. The number of likely N-dealkylation sites (N-methyl/N-ethyl adjacent to an activating group) is 1. The molecule has 1 amide bonds. The highest BCUT2D eigenvalue weighted by atomic mass is 35.5. The van der Waals surface area contributed by atoms with E-state index in [1.807, 2.05) is 45.2 Å². The zero-order valence-corrected chi connectivity index (χ0v) is 35.4. The molecular weight excluding hydrogens is 713 g/mol. The summed E-state index contributed by atoms with van der Waals surface area (Å²) in [5.41, 5.74) is 3.32. The maximum Gasteiger partial charge on any atom is 0.238 e. The third-order valence-electron chi connectivity index (χ3n) is 12.3. The van der Waals surface area contributed by atoms with E-state index in [9.17, 15) is 13.2 Å². The van der Waals surface area contributed by atoms with Crippen LogP contribution in [-0.4, -0.2) is 94.2 Å². The lowest BCUT2D eigenvalue weighted by Gasteiger charge is -2.62. The van der Waals surface area contributed by atoms with Crippen LogP contribution in [0.2, 0.25) is 5.02 Å². The van der Waals surface area contributed by atoms with Crippen molar-refractivity contribution in [1.82, 2.24) is 19.4 Å². The van der Waals surface area contributed by atoms with Crippen LogP contribution in [0.4, 0.5) is 10.1 Å². The molecule has 2 aromatic carbocycles. The molecule has 9 nitrogen and oxygen atoms in total. The molecule has 53 heavy (non-hydrogen) atoms. The molecule has 2 bridgehead atoms. The van der Waals surface area contributed by atoms with Crippen molar-refractivity contribution in [3.05, 3.63) is 57.9 Å². The van der Waals surface area contributed by atoms with Crippen LogP contribution in [0.1, 0.15) is 83.9 Å². The van der Waals surface area contributed by atoms with Crippen LogP contribution in [0.15, 0.2) is 30.3 Å². The predicted molar refractivity (Wildman–Crippen MR) is 213 cm³/mol. The Morgan fingerprint density at radius 2 is 1.77 bits per heavy atom. The van der Waals surface area contributed by atoms with E-state index in [-0.39, 0.29) is 54.4 Å². The van der Waals surface area contributed by atoms with Crippen molar-refractivity contribution in [2.24, 2.45) is 28.6 Å². The average molecular weight is 777 g/mol. The van der Waals surface area contributed by atoms with Crippen molar-refractivity contribution in [3.63, 3.8) is 0 Å². The van der Waals surface area contributed by atoms with E-state index in [2.05, 4.69) is 62.7 Å². The molecule has 0 spiro atoms. The highest BCUT2D eigenvalue weighted by Gasteiger charge is 2.57. The number of fused-ring (bicyclic) bond motifs is 2. The Kier molecular flexibility index (Phi) is 12.6. The summed E-state index contributed by atoms with van der Waals surface area (Å²) >= 11 is 6.66. The molecule has 1 aliphatic heterocycles. The number of nitrogens with zero attached hydrogens (tertiary/aromatic N) is 4. The molecule has 3 aliphatic carbocycles. The standard InChI is InChI=1S/C41H63ClFN5O4S/c1-26-33-19-29(41(33,5)6)20-35(26)44-39(49)36-14-15-53(50,51)48(36)23-28-16-27(17-30(18-28)46(9)10)22-47(31(24-45(7)8)21-40(2,3)4)25-32-34(42)12-13-37(52-11)38(32)43/h12-13,16-18,26,29,31,33,35-36H,14-15,19-25H2,1-11H3,(H,44,49)/t26-,29+,31-,33-,35-,36?/m0/s1. The Morgan fingerprint density at radius 3 is 2.36 bits per heavy atom. The Morgan fingerprint density at radius 1 is 1.09 bits per heavy atom. The van der Waals surface area contributed by atoms with Gasteiger partial charge in [0.1, 0.15) is 6.04 Å². The fourth-order valence-electron chi connectivity index (χ4n) is 9.24. The molecule has 6 rings (SSSR count). The zero-order valence-electron chi connectivity index (χ0n) is 33.8. The zero-order chi connectivity index (χ0) is 39.2. The van der Waals surface area contributed by atoms with Gasteiger partial charge < -0.3 is 19.9 Å². The van der Waals surface area contributed by atoms with Crippen molar-refractivity contribution >= 4 is 33.2 Å². The maximum atomic E-state index is 15.8. The van der Waals surface area contributed by atoms with Gasteiger partial charge in [0.05, 0.1) is 12.9 Å². The Hall–Kier alpha value is -2.44. The number of hydrogen-bond donors (Lipinski definition) is 1. The van der Waals surface area contributed by atoms with Gasteiger partial charge in [0.15, 0.2) is 11.6 Å². The van der Waals surface area contributed by atoms with Gasteiger partial charge >= 0.3 is 0 Å². The third-order valence-corrected chi connectivity index (χ3v) is 14.5. The van der Waals surface area contributed by atoms with Crippen LogP contribution in [-0.2, 0) is 34.5 Å². The Labute approximate surface area is 323 Å². The lowest BCUT2D eigenvalue weighted by molar-refractivity contribution is -0.136. The number of sulfonamides is 1. The molecule has 4 aliphatic rings. The van der Waals surface area contributed by atoms with Crippen LogP contribution in [0.3, 0.4) is 0 Å². The number of nitrogens with one attached hydrogen (secondary N) is 1. The molecule has 6 atom stereocenters. The van der Waals surface area contributed by atoms with Crippen molar-refractivity contribution in [2.75, 3.05) is 52.5 Å². The average Bonchev–Trinajstić information content (AvgIpc) is 3.35. The van der Waals surface area contributed by atoms with Crippen LogP contribution >= 0.6 is 11.6 Å². The molecule has 1 saturated heterocycles. The number of carbonyl (C=O) groups excluding carboxylic acids is 1. The first-order valence-electron chi connectivity index (χ1n) is 19.1. The summed E-state index contributed by atoms with van der Waals surface area (Å²) in [4.78, 5) is 20.3. The molecule has 4 fully saturated rings. The summed E-state index contributed by atoms with van der Waals surface area (Å²) in [5.74, 6) is 0.930. The van der Waals surface area contributed by atoms with E-state index in [0.29, 0.717) is 40.3 Å². The molecule has 1 N–H and O–H groups in total. The number of benzene rings is 2. The van der Waals surface area contributed by atoms with Crippen molar-refractivity contribution in [1.29, 1.82) is 0 Å².